The van der Waals surface area contributed by atoms with E-state index in [1.54, 1.807) is 13.0 Å². The van der Waals surface area contributed by atoms with E-state index >= 15 is 0 Å². The molecule has 31 heavy (non-hydrogen) atoms. The van der Waals surface area contributed by atoms with E-state index in [1.807, 2.05) is 13.8 Å². The third-order valence-corrected chi connectivity index (χ3v) is 5.48. The summed E-state index contributed by atoms with van der Waals surface area (Å²) in [7, 11) is 1.52. The van der Waals surface area contributed by atoms with E-state index < -0.39 is 5.24 Å². The van der Waals surface area contributed by atoms with Crippen LogP contribution in [-0.4, -0.2) is 36.4 Å². The van der Waals surface area contributed by atoms with Crippen LogP contribution in [0.15, 0.2) is 65.5 Å². The molecule has 5 heteroatoms. The van der Waals surface area contributed by atoms with Crippen molar-refractivity contribution in [3.63, 3.8) is 0 Å². The molecule has 2 aliphatic rings. The molecule has 1 unspecified atom stereocenters. The molecule has 1 saturated heterocycles. The van der Waals surface area contributed by atoms with E-state index in [-0.39, 0.29) is 0 Å². The zero-order chi connectivity index (χ0) is 23.6. The van der Waals surface area contributed by atoms with Crippen molar-refractivity contribution >= 4 is 28.1 Å². The molecule has 0 saturated carbocycles. The standard InChI is InChI=1S/C18H22N2.C6H9ClO2.C2H6/c1-5-13-14-9-7-8-10-16(14)19-18-15(13)11-20(12(3)4)17(18)6-2;1-3-5(4-9-2)6(7)8;1-2/h6-10,18-19H,3,5,11H2,1-2,4H3;3H,4H2,1-2H3;1-2H3/b17-6-;5-3+;. The van der Waals surface area contributed by atoms with Crippen LogP contribution in [0.5, 0.6) is 0 Å². The summed E-state index contributed by atoms with van der Waals surface area (Å²) in [5.74, 6) is 0. The molecule has 1 aromatic rings. The van der Waals surface area contributed by atoms with Crippen molar-refractivity contribution in [3.8, 4) is 0 Å². The second-order valence-corrected chi connectivity index (χ2v) is 7.38. The van der Waals surface area contributed by atoms with Gasteiger partial charge < -0.3 is 15.0 Å². The van der Waals surface area contributed by atoms with Gasteiger partial charge in [0.2, 0.25) is 5.24 Å². The van der Waals surface area contributed by atoms with Gasteiger partial charge in [0.25, 0.3) is 0 Å². The Balaban J connectivity index is 0.000000372. The number of fused-ring (bicyclic) bond motifs is 2. The number of allylic oxidation sites excluding steroid dienone is 4. The summed E-state index contributed by atoms with van der Waals surface area (Å²) in [6.45, 7) is 17.6. The number of carbonyl (C=O) groups is 1. The van der Waals surface area contributed by atoms with Crippen LogP contribution in [0.4, 0.5) is 5.69 Å². The van der Waals surface area contributed by atoms with Crippen molar-refractivity contribution < 1.29 is 9.53 Å². The van der Waals surface area contributed by atoms with Crippen molar-refractivity contribution in [3.05, 3.63) is 71.1 Å². The fraction of sp³-hybridized carbons (Fsp3) is 0.423. The third kappa shape index (κ3) is 6.34. The molecule has 0 aliphatic carbocycles. The average molecular weight is 445 g/mol. The highest BCUT2D eigenvalue weighted by Crippen LogP contribution is 2.43. The molecule has 0 radical (unpaired) electrons. The maximum Gasteiger partial charge on any atom is 0.250 e. The molecular formula is C26H37ClN2O2. The maximum absolute atomic E-state index is 10.4. The topological polar surface area (TPSA) is 41.6 Å². The summed E-state index contributed by atoms with van der Waals surface area (Å²) < 4.78 is 4.68. The molecule has 1 fully saturated rings. The highest BCUT2D eigenvalue weighted by Gasteiger charge is 2.37. The molecule has 0 amide bonds. The predicted octanol–water partition coefficient (Wildman–Crippen LogP) is 6.77. The van der Waals surface area contributed by atoms with Gasteiger partial charge in [0, 0.05) is 41.9 Å². The van der Waals surface area contributed by atoms with E-state index in [2.05, 4.69) is 72.6 Å². The summed E-state index contributed by atoms with van der Waals surface area (Å²) in [6.07, 6.45) is 4.92. The Labute approximate surface area is 193 Å². The first-order valence-electron chi connectivity index (χ1n) is 10.9. The van der Waals surface area contributed by atoms with E-state index in [4.69, 9.17) is 11.6 Å². The zero-order valence-electron chi connectivity index (χ0n) is 20.0. The molecule has 0 aromatic heterocycles. The molecule has 0 spiro atoms. The van der Waals surface area contributed by atoms with Gasteiger partial charge in [0.15, 0.2) is 0 Å². The normalized spacial score (nSPS) is 18.2. The number of anilines is 1. The number of halogens is 1. The summed E-state index contributed by atoms with van der Waals surface area (Å²) in [5, 5.41) is 3.26. The van der Waals surface area contributed by atoms with Crippen molar-refractivity contribution in [1.82, 2.24) is 4.90 Å². The Bertz CT molecular complexity index is 868. The highest BCUT2D eigenvalue weighted by atomic mass is 35.5. The Morgan fingerprint density at radius 3 is 2.42 bits per heavy atom. The Morgan fingerprint density at radius 2 is 1.97 bits per heavy atom. The maximum atomic E-state index is 10.4. The van der Waals surface area contributed by atoms with Crippen LogP contribution in [-0.2, 0) is 9.53 Å². The summed E-state index contributed by atoms with van der Waals surface area (Å²) in [5.41, 5.74) is 8.55. The van der Waals surface area contributed by atoms with Gasteiger partial charge in [0.1, 0.15) is 0 Å². The number of hydrogen-bond acceptors (Lipinski definition) is 4. The van der Waals surface area contributed by atoms with Crippen molar-refractivity contribution in [2.24, 2.45) is 0 Å². The van der Waals surface area contributed by atoms with E-state index in [1.165, 1.54) is 35.2 Å². The minimum absolute atomic E-state index is 0.291. The fourth-order valence-corrected chi connectivity index (χ4v) is 3.99. The number of methoxy groups -OCH3 is 1. The lowest BCUT2D eigenvalue weighted by atomic mass is 9.89. The molecular weight excluding hydrogens is 408 g/mol. The first-order chi connectivity index (χ1) is 14.9. The van der Waals surface area contributed by atoms with Gasteiger partial charge in [-0.05, 0) is 56.0 Å². The van der Waals surface area contributed by atoms with Gasteiger partial charge in [-0.15, -0.1) is 0 Å². The van der Waals surface area contributed by atoms with E-state index in [0.717, 1.165) is 18.7 Å². The van der Waals surface area contributed by atoms with Gasteiger partial charge in [-0.25, -0.2) is 0 Å². The summed E-state index contributed by atoms with van der Waals surface area (Å²) >= 11 is 5.14. The summed E-state index contributed by atoms with van der Waals surface area (Å²) in [6, 6.07) is 8.94. The lowest BCUT2D eigenvalue weighted by Gasteiger charge is -2.28. The highest BCUT2D eigenvalue weighted by molar-refractivity contribution is 6.67. The zero-order valence-corrected chi connectivity index (χ0v) is 20.8. The molecule has 3 rings (SSSR count). The number of nitrogens with one attached hydrogen (secondary N) is 1. The van der Waals surface area contributed by atoms with E-state index in [9.17, 15) is 4.79 Å². The average Bonchev–Trinajstić information content (AvgIpc) is 3.15. The Morgan fingerprint density at radius 1 is 1.32 bits per heavy atom. The largest absolute Gasteiger partial charge is 0.380 e. The van der Waals surface area contributed by atoms with Gasteiger partial charge in [-0.1, -0.05) is 57.7 Å². The van der Waals surface area contributed by atoms with Gasteiger partial charge in [-0.2, -0.15) is 0 Å². The minimum Gasteiger partial charge on any atom is -0.380 e. The van der Waals surface area contributed by atoms with Crippen molar-refractivity contribution in [1.29, 1.82) is 0 Å². The smallest absolute Gasteiger partial charge is 0.250 e. The molecule has 170 valence electrons. The number of benzene rings is 1. The molecule has 4 nitrogen and oxygen atoms in total. The minimum atomic E-state index is -0.445. The fourth-order valence-electron chi connectivity index (χ4n) is 3.82. The number of ether oxygens (including phenoxy) is 1. The lowest BCUT2D eigenvalue weighted by molar-refractivity contribution is -0.109. The molecule has 1 aromatic carbocycles. The lowest BCUT2D eigenvalue weighted by Crippen LogP contribution is -2.26. The number of hydrogen-bond donors (Lipinski definition) is 1. The van der Waals surface area contributed by atoms with Crippen LogP contribution in [0.3, 0.4) is 0 Å². The first kappa shape index (κ1) is 26.7. The van der Waals surface area contributed by atoms with Crippen LogP contribution in [0.1, 0.15) is 53.5 Å². The molecule has 2 aliphatic heterocycles. The number of nitrogens with zero attached hydrogens (tertiary/aromatic N) is 1. The SMILES string of the molecule is C/C=C(\COC)C(=O)Cl.C=C(C)N1CC2=C(CC)c3ccccc3NC2/C1=C/C.CC. The van der Waals surface area contributed by atoms with E-state index in [0.29, 0.717) is 18.2 Å². The van der Waals surface area contributed by atoms with Gasteiger partial charge >= 0.3 is 0 Å². The Kier molecular flexibility index (Phi) is 11.4. The number of rotatable bonds is 5. The number of para-hydroxylation sites is 1. The van der Waals surface area contributed by atoms with Crippen molar-refractivity contribution in [2.75, 3.05) is 25.6 Å². The second kappa shape index (κ2) is 13.2. The van der Waals surface area contributed by atoms with Crippen LogP contribution in [0.25, 0.3) is 5.57 Å². The second-order valence-electron chi connectivity index (χ2n) is 7.04. The third-order valence-electron chi connectivity index (χ3n) is 5.23. The van der Waals surface area contributed by atoms with Crippen LogP contribution < -0.4 is 5.32 Å². The predicted molar refractivity (Wildman–Crippen MR) is 134 cm³/mol. The quantitative estimate of drug-likeness (QED) is 0.402. The van der Waals surface area contributed by atoms with Crippen LogP contribution >= 0.6 is 11.6 Å². The molecule has 1 atom stereocenters. The summed E-state index contributed by atoms with van der Waals surface area (Å²) in [4.78, 5) is 12.7. The number of likely N-dealkylation sites (tertiary alicyclic amines) is 1. The van der Waals surface area contributed by atoms with Crippen LogP contribution in [0.2, 0.25) is 0 Å². The van der Waals surface area contributed by atoms with Crippen LogP contribution in [0, 0.1) is 0 Å². The molecule has 0 bridgehead atoms. The first-order valence-corrected chi connectivity index (χ1v) is 11.3. The number of carbonyl (C=O) groups excluding carboxylic acids is 1. The molecule has 2 heterocycles. The molecule has 1 N–H and O–H groups in total. The monoisotopic (exact) mass is 444 g/mol. The van der Waals surface area contributed by atoms with Gasteiger partial charge in [-0.3, -0.25) is 4.79 Å². The van der Waals surface area contributed by atoms with Crippen molar-refractivity contribution in [2.45, 2.75) is 54.0 Å². The Hall–Kier alpha value is -2.30. The van der Waals surface area contributed by atoms with Gasteiger partial charge in [0.05, 0.1) is 12.6 Å².